The van der Waals surface area contributed by atoms with Crippen molar-refractivity contribution in [2.45, 2.75) is 95.4 Å². The van der Waals surface area contributed by atoms with Crippen LogP contribution in [-0.2, 0) is 4.79 Å². The molecule has 4 atom stereocenters. The van der Waals surface area contributed by atoms with E-state index in [0.717, 1.165) is 25.7 Å². The van der Waals surface area contributed by atoms with Crippen LogP contribution in [0, 0.1) is 20.2 Å². The summed E-state index contributed by atoms with van der Waals surface area (Å²) in [6, 6.07) is -2.36. The fourth-order valence-corrected chi connectivity index (χ4v) is 2.88. The number of carbonyl (C=O) groups excluding carboxylic acids is 1. The van der Waals surface area contributed by atoms with Crippen LogP contribution in [0.5, 0.6) is 0 Å². The van der Waals surface area contributed by atoms with Crippen LogP contribution in [0.15, 0.2) is 24.3 Å². The summed E-state index contributed by atoms with van der Waals surface area (Å²) in [7, 11) is 0. The third-order valence-electron chi connectivity index (χ3n) is 4.69. The summed E-state index contributed by atoms with van der Waals surface area (Å²) >= 11 is 0. The number of hydrogen-bond donors (Lipinski definition) is 2. The molecule has 0 fully saturated rings. The molecule has 166 valence electrons. The van der Waals surface area contributed by atoms with Gasteiger partial charge in [0.15, 0.2) is 0 Å². The van der Waals surface area contributed by atoms with Crippen LogP contribution in [0.1, 0.15) is 71.1 Å². The van der Waals surface area contributed by atoms with Gasteiger partial charge in [0.05, 0.1) is 0 Å². The second-order valence-corrected chi connectivity index (χ2v) is 7.08. The lowest BCUT2D eigenvalue weighted by Gasteiger charge is -2.14. The highest BCUT2D eigenvalue weighted by Gasteiger charge is 2.29. The van der Waals surface area contributed by atoms with E-state index in [-0.39, 0.29) is 32.1 Å². The minimum atomic E-state index is -1.24. The molecule has 0 aromatic rings. The van der Waals surface area contributed by atoms with E-state index in [1.807, 2.05) is 6.08 Å². The van der Waals surface area contributed by atoms with Gasteiger partial charge in [0.25, 0.3) is 0 Å². The number of aliphatic hydroxyl groups is 2. The van der Waals surface area contributed by atoms with E-state index in [9.17, 15) is 35.2 Å². The van der Waals surface area contributed by atoms with Crippen molar-refractivity contribution in [1.82, 2.24) is 0 Å². The molecule has 0 aromatic heterocycles. The third kappa shape index (κ3) is 12.8. The topological polar surface area (TPSA) is 144 Å². The third-order valence-corrected chi connectivity index (χ3v) is 4.69. The predicted octanol–water partition coefficient (Wildman–Crippen LogP) is 3.23. The molecule has 29 heavy (non-hydrogen) atoms. The van der Waals surface area contributed by atoms with Crippen molar-refractivity contribution in [2.75, 3.05) is 0 Å². The first-order valence-electron chi connectivity index (χ1n) is 10.2. The molecule has 9 nitrogen and oxygen atoms in total. The molecule has 0 rings (SSSR count). The van der Waals surface area contributed by atoms with Crippen LogP contribution in [0.4, 0.5) is 0 Å². The van der Waals surface area contributed by atoms with Crippen molar-refractivity contribution in [2.24, 2.45) is 0 Å². The van der Waals surface area contributed by atoms with E-state index < -0.39 is 34.1 Å². The molecule has 4 unspecified atom stereocenters. The van der Waals surface area contributed by atoms with Crippen molar-refractivity contribution >= 4 is 6.29 Å². The first kappa shape index (κ1) is 26.9. The minimum Gasteiger partial charge on any atom is -0.386 e. The highest BCUT2D eigenvalue weighted by molar-refractivity contribution is 5.48. The maximum atomic E-state index is 11.2. The van der Waals surface area contributed by atoms with Gasteiger partial charge in [0, 0.05) is 29.1 Å². The van der Waals surface area contributed by atoms with Gasteiger partial charge in [0.2, 0.25) is 12.1 Å². The lowest BCUT2D eigenvalue weighted by Crippen LogP contribution is -2.33. The minimum absolute atomic E-state index is 0.0232. The molecule has 0 aliphatic carbocycles. The average Bonchev–Trinajstić information content (AvgIpc) is 2.66. The Balaban J connectivity index is 4.51. The molecule has 0 aromatic carbocycles. The number of aldehydes is 1. The summed E-state index contributed by atoms with van der Waals surface area (Å²) in [5, 5.41) is 42.3. The van der Waals surface area contributed by atoms with Gasteiger partial charge in [-0.25, -0.2) is 0 Å². The molecule has 2 N–H and O–H groups in total. The zero-order valence-electron chi connectivity index (χ0n) is 17.1. The summed E-state index contributed by atoms with van der Waals surface area (Å²) < 4.78 is 0. The Hall–Kier alpha value is -2.13. The van der Waals surface area contributed by atoms with E-state index in [0.29, 0.717) is 12.7 Å². The standard InChI is InChI=1S/C20H34N2O7/c1-2-3-4-5-6-7-14-19(24)17(21(26)27)12-8-9-15-20(25)18(22(28)29)13-10-11-16-23/h6-9,16-20,24-25H,2-5,10-15H2,1H3/b7-6-,9-8-. The van der Waals surface area contributed by atoms with Gasteiger partial charge in [-0.3, -0.25) is 20.2 Å². The number of aliphatic hydroxyl groups excluding tert-OH is 2. The highest BCUT2D eigenvalue weighted by atomic mass is 16.6. The Labute approximate surface area is 171 Å². The van der Waals surface area contributed by atoms with Gasteiger partial charge < -0.3 is 15.0 Å². The summed E-state index contributed by atoms with van der Waals surface area (Å²) in [6.07, 6.45) is 9.81. The van der Waals surface area contributed by atoms with Crippen LogP contribution >= 0.6 is 0 Å². The van der Waals surface area contributed by atoms with E-state index in [1.54, 1.807) is 6.08 Å². The molecule has 0 aliphatic heterocycles. The molecule has 0 radical (unpaired) electrons. The SMILES string of the molecule is CCCCC/C=C\CC(O)C(C/C=C\CC(O)C(CCCC=O)[N+](=O)[O-])[N+](=O)[O-]. The van der Waals surface area contributed by atoms with Crippen molar-refractivity contribution in [1.29, 1.82) is 0 Å². The lowest BCUT2D eigenvalue weighted by molar-refractivity contribution is -0.535. The number of carbonyl (C=O) groups is 1. The smallest absolute Gasteiger partial charge is 0.242 e. The number of nitro groups is 2. The van der Waals surface area contributed by atoms with E-state index in [2.05, 4.69) is 6.92 Å². The Morgan fingerprint density at radius 2 is 1.34 bits per heavy atom. The first-order valence-corrected chi connectivity index (χ1v) is 10.2. The molecule has 0 amide bonds. The largest absolute Gasteiger partial charge is 0.386 e. The Morgan fingerprint density at radius 3 is 1.90 bits per heavy atom. The molecule has 0 saturated heterocycles. The normalized spacial score (nSPS) is 16.0. The molecule has 0 bridgehead atoms. The predicted molar refractivity (Wildman–Crippen MR) is 110 cm³/mol. The summed E-state index contributed by atoms with van der Waals surface area (Å²) in [5.41, 5.74) is 0. The summed E-state index contributed by atoms with van der Waals surface area (Å²) in [4.78, 5) is 31.5. The van der Waals surface area contributed by atoms with E-state index >= 15 is 0 Å². The fraction of sp³-hybridized carbons (Fsp3) is 0.750. The van der Waals surface area contributed by atoms with Gasteiger partial charge in [-0.1, -0.05) is 44.1 Å². The lowest BCUT2D eigenvalue weighted by atomic mass is 10.0. The van der Waals surface area contributed by atoms with Crippen LogP contribution in [0.2, 0.25) is 0 Å². The molecule has 0 aliphatic rings. The van der Waals surface area contributed by atoms with Crippen LogP contribution < -0.4 is 0 Å². The number of allylic oxidation sites excluding steroid dienone is 1. The molecule has 9 heteroatoms. The molecule has 0 spiro atoms. The molecule has 0 saturated carbocycles. The number of unbranched alkanes of at least 4 members (excludes halogenated alkanes) is 4. The number of rotatable bonds is 18. The fourth-order valence-electron chi connectivity index (χ4n) is 2.88. The molecular formula is C20H34N2O7. The Kier molecular flexibility index (Phi) is 15.6. The average molecular weight is 414 g/mol. The van der Waals surface area contributed by atoms with Gasteiger partial charge >= 0.3 is 0 Å². The quantitative estimate of drug-likeness (QED) is 0.115. The van der Waals surface area contributed by atoms with Gasteiger partial charge in [-0.15, -0.1) is 0 Å². The number of hydrogen-bond acceptors (Lipinski definition) is 7. The zero-order chi connectivity index (χ0) is 22.1. The molecular weight excluding hydrogens is 380 g/mol. The van der Waals surface area contributed by atoms with Crippen LogP contribution in [-0.4, -0.2) is 50.6 Å². The monoisotopic (exact) mass is 414 g/mol. The maximum absolute atomic E-state index is 11.2. The van der Waals surface area contributed by atoms with Gasteiger partial charge in [-0.05, 0) is 32.1 Å². The summed E-state index contributed by atoms with van der Waals surface area (Å²) in [5.74, 6) is 0. The second-order valence-electron chi connectivity index (χ2n) is 7.08. The van der Waals surface area contributed by atoms with Crippen molar-refractivity contribution in [3.05, 3.63) is 44.5 Å². The summed E-state index contributed by atoms with van der Waals surface area (Å²) in [6.45, 7) is 2.10. The Bertz CT molecular complexity index is 537. The van der Waals surface area contributed by atoms with Crippen molar-refractivity contribution in [3.8, 4) is 0 Å². The van der Waals surface area contributed by atoms with Gasteiger partial charge in [0.1, 0.15) is 18.5 Å². The van der Waals surface area contributed by atoms with Crippen molar-refractivity contribution < 1.29 is 24.9 Å². The van der Waals surface area contributed by atoms with E-state index in [4.69, 9.17) is 0 Å². The maximum Gasteiger partial charge on any atom is 0.242 e. The molecule has 0 heterocycles. The highest BCUT2D eigenvalue weighted by Crippen LogP contribution is 2.14. The van der Waals surface area contributed by atoms with Crippen molar-refractivity contribution in [3.63, 3.8) is 0 Å². The van der Waals surface area contributed by atoms with Gasteiger partial charge in [-0.2, -0.15) is 0 Å². The second kappa shape index (κ2) is 16.8. The zero-order valence-corrected chi connectivity index (χ0v) is 17.1. The van der Waals surface area contributed by atoms with E-state index in [1.165, 1.54) is 12.2 Å². The van der Waals surface area contributed by atoms with Crippen LogP contribution in [0.3, 0.4) is 0 Å². The number of nitrogens with zero attached hydrogens (tertiary/aromatic N) is 2. The van der Waals surface area contributed by atoms with Crippen LogP contribution in [0.25, 0.3) is 0 Å². The first-order chi connectivity index (χ1) is 13.8. The Morgan fingerprint density at radius 1 is 0.793 bits per heavy atom.